The van der Waals surface area contributed by atoms with E-state index in [2.05, 4.69) is 11.4 Å². The van der Waals surface area contributed by atoms with Crippen LogP contribution in [0.5, 0.6) is 0 Å². The van der Waals surface area contributed by atoms with Gasteiger partial charge in [0.1, 0.15) is 6.04 Å². The van der Waals surface area contributed by atoms with Gasteiger partial charge in [-0.3, -0.25) is 14.4 Å². The topological polar surface area (TPSA) is 104 Å². The number of carbonyl (C=O) groups excluding carboxylic acids is 3. The third-order valence-electron chi connectivity index (χ3n) is 7.82. The van der Waals surface area contributed by atoms with Gasteiger partial charge < -0.3 is 5.32 Å². The second-order valence-corrected chi connectivity index (χ2v) is 12.4. The first kappa shape index (κ1) is 28.7. The van der Waals surface area contributed by atoms with Crippen molar-refractivity contribution >= 4 is 39.1 Å². The van der Waals surface area contributed by atoms with E-state index >= 15 is 0 Å². The molecule has 8 nitrogen and oxygen atoms in total. The molecule has 1 aliphatic carbocycles. The summed E-state index contributed by atoms with van der Waals surface area (Å²) < 4.78 is 30.0. The number of nitrogens with one attached hydrogen (secondary N) is 1. The van der Waals surface area contributed by atoms with Gasteiger partial charge in [0.2, 0.25) is 21.8 Å². The lowest BCUT2D eigenvalue weighted by Crippen LogP contribution is -2.46. The summed E-state index contributed by atoms with van der Waals surface area (Å²) in [7, 11) is -4.11. The summed E-state index contributed by atoms with van der Waals surface area (Å²) in [6.45, 7) is 8.87. The highest BCUT2D eigenvalue weighted by molar-refractivity contribution is 7.89. The minimum Gasteiger partial charge on any atom is -0.326 e. The van der Waals surface area contributed by atoms with Crippen molar-refractivity contribution in [2.45, 2.75) is 84.1 Å². The molecule has 2 aromatic rings. The number of sulfonamides is 1. The molecule has 208 valence electrons. The molecule has 1 unspecified atom stereocenters. The molecule has 2 aliphatic rings. The molecule has 1 atom stereocenters. The number of nitrogens with zero attached hydrogens (tertiary/aromatic N) is 2. The van der Waals surface area contributed by atoms with Crippen LogP contribution in [0.1, 0.15) is 67.7 Å². The van der Waals surface area contributed by atoms with Crippen LogP contribution in [0, 0.1) is 27.7 Å². The van der Waals surface area contributed by atoms with Crippen LogP contribution in [0.25, 0.3) is 0 Å². The third-order valence-corrected chi connectivity index (χ3v) is 10.0. The van der Waals surface area contributed by atoms with Gasteiger partial charge in [-0.25, -0.2) is 13.3 Å². The Morgan fingerprint density at radius 2 is 1.67 bits per heavy atom. The molecular weight excluding hydrogens is 514 g/mol. The molecule has 4 rings (SSSR count). The zero-order chi connectivity index (χ0) is 28.5. The molecule has 1 aliphatic heterocycles. The fourth-order valence-electron chi connectivity index (χ4n) is 5.52. The molecule has 0 saturated carbocycles. The van der Waals surface area contributed by atoms with Crippen molar-refractivity contribution in [3.05, 3.63) is 64.2 Å². The zero-order valence-corrected chi connectivity index (χ0v) is 24.2. The van der Waals surface area contributed by atoms with E-state index in [1.807, 2.05) is 19.9 Å². The molecule has 1 saturated heterocycles. The van der Waals surface area contributed by atoms with Crippen LogP contribution >= 0.6 is 0 Å². The van der Waals surface area contributed by atoms with Gasteiger partial charge in [-0.1, -0.05) is 17.7 Å². The lowest BCUT2D eigenvalue weighted by molar-refractivity contribution is -0.122. The molecule has 3 amide bonds. The molecule has 9 heteroatoms. The number of rotatable bonds is 8. The van der Waals surface area contributed by atoms with E-state index in [1.54, 1.807) is 38.1 Å². The molecule has 2 aromatic carbocycles. The molecule has 0 spiro atoms. The van der Waals surface area contributed by atoms with Crippen LogP contribution in [0.2, 0.25) is 0 Å². The van der Waals surface area contributed by atoms with Gasteiger partial charge in [0.15, 0.2) is 0 Å². The maximum absolute atomic E-state index is 14.4. The molecule has 0 bridgehead atoms. The summed E-state index contributed by atoms with van der Waals surface area (Å²) in [6, 6.07) is 7.20. The highest BCUT2D eigenvalue weighted by atomic mass is 32.2. The predicted octanol–water partition coefficient (Wildman–Crippen LogP) is 5.09. The maximum Gasteiger partial charge on any atom is 0.252 e. The van der Waals surface area contributed by atoms with Gasteiger partial charge in [-0.15, -0.1) is 0 Å². The number of anilines is 2. The molecular formula is C30H37N3O5S. The Kier molecular flexibility index (Phi) is 8.42. The van der Waals surface area contributed by atoms with E-state index in [-0.39, 0.29) is 23.8 Å². The normalized spacial score (nSPS) is 18.1. The van der Waals surface area contributed by atoms with E-state index in [0.717, 1.165) is 41.7 Å². The number of hydrogen-bond acceptors (Lipinski definition) is 5. The van der Waals surface area contributed by atoms with Crippen molar-refractivity contribution in [3.63, 3.8) is 0 Å². The first-order valence-corrected chi connectivity index (χ1v) is 14.9. The third kappa shape index (κ3) is 5.84. The Morgan fingerprint density at radius 1 is 1.03 bits per heavy atom. The van der Waals surface area contributed by atoms with Gasteiger partial charge in [0.25, 0.3) is 5.91 Å². The Morgan fingerprint density at radius 3 is 2.23 bits per heavy atom. The molecule has 1 heterocycles. The molecule has 39 heavy (non-hydrogen) atoms. The summed E-state index contributed by atoms with van der Waals surface area (Å²) >= 11 is 0. The predicted molar refractivity (Wildman–Crippen MR) is 152 cm³/mol. The number of allylic oxidation sites excluding steroid dienone is 1. The molecule has 0 radical (unpaired) electrons. The van der Waals surface area contributed by atoms with Crippen LogP contribution in [0.3, 0.4) is 0 Å². The number of imide groups is 1. The van der Waals surface area contributed by atoms with Crippen LogP contribution in [0.4, 0.5) is 11.4 Å². The number of hydrogen-bond donors (Lipinski definition) is 1. The average molecular weight is 552 g/mol. The van der Waals surface area contributed by atoms with Gasteiger partial charge >= 0.3 is 0 Å². The summed E-state index contributed by atoms with van der Waals surface area (Å²) in [5.74, 6) is -1.25. The summed E-state index contributed by atoms with van der Waals surface area (Å²) in [5, 5.41) is 2.66. The largest absolute Gasteiger partial charge is 0.326 e. The van der Waals surface area contributed by atoms with Crippen molar-refractivity contribution in [3.8, 4) is 0 Å². The summed E-state index contributed by atoms with van der Waals surface area (Å²) in [6.07, 6.45) is 6.54. The Labute approximate surface area is 231 Å². The Hall–Kier alpha value is -3.30. The molecule has 1 fully saturated rings. The Balaban J connectivity index is 1.73. The van der Waals surface area contributed by atoms with Crippen LogP contribution in [-0.4, -0.2) is 43.0 Å². The molecule has 1 N–H and O–H groups in total. The van der Waals surface area contributed by atoms with Crippen LogP contribution in [0.15, 0.2) is 46.9 Å². The first-order chi connectivity index (χ1) is 18.4. The smallest absolute Gasteiger partial charge is 0.252 e. The van der Waals surface area contributed by atoms with E-state index in [4.69, 9.17) is 0 Å². The SMILES string of the molecule is CC(=O)Nc1ccc(N2C(=O)CC(N(CCC3=CCCCC3)S(=O)(=O)c3c(C)c(C)cc(C)c3C)C2=O)cc1. The van der Waals surface area contributed by atoms with Crippen molar-refractivity contribution in [2.24, 2.45) is 0 Å². The second-order valence-electron chi connectivity index (χ2n) is 10.6. The van der Waals surface area contributed by atoms with Crippen LogP contribution in [-0.2, 0) is 24.4 Å². The zero-order valence-electron chi connectivity index (χ0n) is 23.3. The monoisotopic (exact) mass is 551 g/mol. The highest BCUT2D eigenvalue weighted by Gasteiger charge is 2.47. The summed E-state index contributed by atoms with van der Waals surface area (Å²) in [4.78, 5) is 39.6. The summed E-state index contributed by atoms with van der Waals surface area (Å²) in [5.41, 5.74) is 5.10. The van der Waals surface area contributed by atoms with Gasteiger partial charge in [-0.2, -0.15) is 4.31 Å². The maximum atomic E-state index is 14.4. The van der Waals surface area contributed by atoms with E-state index in [1.165, 1.54) is 16.8 Å². The van der Waals surface area contributed by atoms with Crippen molar-refractivity contribution < 1.29 is 22.8 Å². The first-order valence-electron chi connectivity index (χ1n) is 13.4. The number of amides is 3. The lowest BCUT2D eigenvalue weighted by Gasteiger charge is -2.29. The van der Waals surface area contributed by atoms with E-state index in [9.17, 15) is 22.8 Å². The standard InChI is InChI=1S/C30H37N3O5S/c1-19-17-20(2)22(4)29(21(19)3)39(37,38)32(16-15-24-9-7-6-8-10-24)27-18-28(35)33(30(27)36)26-13-11-25(12-14-26)31-23(5)34/h9,11-14,17,27H,6-8,10,15-16,18H2,1-5H3,(H,31,34). The number of benzene rings is 2. The fraction of sp³-hybridized carbons (Fsp3) is 0.433. The minimum atomic E-state index is -4.11. The van der Waals surface area contributed by atoms with E-state index < -0.39 is 27.9 Å². The average Bonchev–Trinajstić information content (AvgIpc) is 3.17. The van der Waals surface area contributed by atoms with Crippen molar-refractivity contribution in [2.75, 3.05) is 16.8 Å². The molecule has 0 aromatic heterocycles. The minimum absolute atomic E-state index is 0.124. The quantitative estimate of drug-likeness (QED) is 0.364. The Bertz CT molecular complexity index is 1420. The number of carbonyl (C=O) groups is 3. The van der Waals surface area contributed by atoms with Gasteiger partial charge in [0, 0.05) is 19.2 Å². The van der Waals surface area contributed by atoms with Crippen molar-refractivity contribution in [1.82, 2.24) is 4.31 Å². The second kappa shape index (κ2) is 11.4. The van der Waals surface area contributed by atoms with E-state index in [0.29, 0.717) is 28.9 Å². The van der Waals surface area contributed by atoms with Crippen molar-refractivity contribution in [1.29, 1.82) is 0 Å². The fourth-order valence-corrected chi connectivity index (χ4v) is 7.68. The van der Waals surface area contributed by atoms with Crippen LogP contribution < -0.4 is 10.2 Å². The van der Waals surface area contributed by atoms with Gasteiger partial charge in [0.05, 0.1) is 17.0 Å². The number of aryl methyl sites for hydroxylation is 2. The highest BCUT2D eigenvalue weighted by Crippen LogP contribution is 2.34. The van der Waals surface area contributed by atoms with Gasteiger partial charge in [-0.05, 0) is 106 Å². The lowest BCUT2D eigenvalue weighted by atomic mass is 9.97.